The summed E-state index contributed by atoms with van der Waals surface area (Å²) in [6.07, 6.45) is 3.92. The summed E-state index contributed by atoms with van der Waals surface area (Å²) in [7, 11) is 0. The van der Waals surface area contributed by atoms with Crippen LogP contribution in [0, 0.1) is 0 Å². The van der Waals surface area contributed by atoms with E-state index in [1.54, 1.807) is 0 Å². The van der Waals surface area contributed by atoms with Crippen LogP contribution in [0.25, 0.3) is 0 Å². The van der Waals surface area contributed by atoms with Crippen LogP contribution in [0.3, 0.4) is 0 Å². The molecule has 0 saturated heterocycles. The van der Waals surface area contributed by atoms with Crippen molar-refractivity contribution < 1.29 is 14.4 Å². The Morgan fingerprint density at radius 3 is 1.94 bits per heavy atom. The van der Waals surface area contributed by atoms with Crippen molar-refractivity contribution in [2.24, 2.45) is 0 Å². The fraction of sp³-hybridized carbons (Fsp3) is 0.462. The molecule has 0 rings (SSSR count). The lowest BCUT2D eigenvalue weighted by molar-refractivity contribution is -0.121. The number of allylic oxidation sites excluding steroid dienone is 4. The van der Waals surface area contributed by atoms with Crippen LogP contribution in [-0.4, -0.2) is 17.3 Å². The number of hydrogen-bond acceptors (Lipinski definition) is 3. The minimum atomic E-state index is -0.350. The van der Waals surface area contributed by atoms with Crippen molar-refractivity contribution in [3.8, 4) is 0 Å². The Morgan fingerprint density at radius 1 is 1.00 bits per heavy atom. The summed E-state index contributed by atoms with van der Waals surface area (Å²) in [6.45, 7) is 6.52. The first-order valence-electron chi connectivity index (χ1n) is 5.24. The lowest BCUT2D eigenvalue weighted by Gasteiger charge is -2.00. The summed E-state index contributed by atoms with van der Waals surface area (Å²) in [5, 5.41) is 0. The van der Waals surface area contributed by atoms with E-state index in [1.165, 1.54) is 13.8 Å². The molecule has 0 aromatic heterocycles. The van der Waals surface area contributed by atoms with E-state index in [9.17, 15) is 14.4 Å². The smallest absolute Gasteiger partial charge is 0.166 e. The summed E-state index contributed by atoms with van der Waals surface area (Å²) in [4.78, 5) is 33.6. The van der Waals surface area contributed by atoms with Crippen LogP contribution in [0.5, 0.6) is 0 Å². The normalized spacial score (nSPS) is 10.9. The van der Waals surface area contributed by atoms with E-state index < -0.39 is 0 Å². The van der Waals surface area contributed by atoms with Crippen molar-refractivity contribution >= 4 is 17.3 Å². The Bertz CT molecular complexity index is 355. The van der Waals surface area contributed by atoms with Crippen LogP contribution in [0.4, 0.5) is 0 Å². The van der Waals surface area contributed by atoms with Crippen LogP contribution in [0.2, 0.25) is 0 Å². The predicted molar refractivity (Wildman–Crippen MR) is 63.1 cm³/mol. The zero-order chi connectivity index (χ0) is 12.7. The van der Waals surface area contributed by atoms with Crippen molar-refractivity contribution in [1.82, 2.24) is 0 Å². The van der Waals surface area contributed by atoms with Gasteiger partial charge in [-0.15, -0.1) is 0 Å². The van der Waals surface area contributed by atoms with E-state index in [1.807, 2.05) is 19.9 Å². The fourth-order valence-corrected chi connectivity index (χ4v) is 1.21. The standard InChI is InChI=1S/C13H18O3/c1-9(2)6-5-7-13(16)12(11(4)15)8-10(3)14/h6,8H,5,7H2,1-4H3. The first kappa shape index (κ1) is 14.5. The van der Waals surface area contributed by atoms with Gasteiger partial charge in [-0.25, -0.2) is 0 Å². The van der Waals surface area contributed by atoms with Gasteiger partial charge in [-0.2, -0.15) is 0 Å². The van der Waals surface area contributed by atoms with E-state index in [-0.39, 0.29) is 29.3 Å². The van der Waals surface area contributed by atoms with Gasteiger partial charge >= 0.3 is 0 Å². The molecule has 0 aromatic carbocycles. The van der Waals surface area contributed by atoms with Crippen LogP contribution in [-0.2, 0) is 14.4 Å². The Labute approximate surface area is 96.2 Å². The number of hydrogen-bond donors (Lipinski definition) is 0. The third-order valence-electron chi connectivity index (χ3n) is 1.95. The molecule has 0 radical (unpaired) electrons. The summed E-state index contributed by atoms with van der Waals surface area (Å²) < 4.78 is 0. The third-order valence-corrected chi connectivity index (χ3v) is 1.95. The van der Waals surface area contributed by atoms with Crippen LogP contribution in [0.15, 0.2) is 23.3 Å². The zero-order valence-electron chi connectivity index (χ0n) is 10.3. The van der Waals surface area contributed by atoms with Crippen molar-refractivity contribution in [2.45, 2.75) is 40.5 Å². The second kappa shape index (κ2) is 6.88. The maximum absolute atomic E-state index is 11.6. The predicted octanol–water partition coefficient (Wildman–Crippen LogP) is 2.41. The molecule has 3 nitrogen and oxygen atoms in total. The maximum atomic E-state index is 11.6. The molecule has 0 spiro atoms. The maximum Gasteiger partial charge on any atom is 0.166 e. The van der Waals surface area contributed by atoms with Crippen molar-refractivity contribution in [3.05, 3.63) is 23.3 Å². The average molecular weight is 222 g/mol. The SMILES string of the molecule is CC(=O)C=C(C(C)=O)C(=O)CCC=C(C)C. The third kappa shape index (κ3) is 6.06. The lowest BCUT2D eigenvalue weighted by Crippen LogP contribution is -2.11. The fourth-order valence-electron chi connectivity index (χ4n) is 1.21. The first-order chi connectivity index (χ1) is 7.34. The van der Waals surface area contributed by atoms with Gasteiger partial charge < -0.3 is 0 Å². The topological polar surface area (TPSA) is 51.2 Å². The summed E-state index contributed by atoms with van der Waals surface area (Å²) >= 11 is 0. The Balaban J connectivity index is 4.60. The first-order valence-corrected chi connectivity index (χ1v) is 5.24. The molecule has 0 amide bonds. The van der Waals surface area contributed by atoms with Gasteiger partial charge in [-0.3, -0.25) is 14.4 Å². The van der Waals surface area contributed by atoms with E-state index >= 15 is 0 Å². The van der Waals surface area contributed by atoms with E-state index in [4.69, 9.17) is 0 Å². The Kier molecular flexibility index (Phi) is 6.23. The van der Waals surface area contributed by atoms with Crippen molar-refractivity contribution in [2.75, 3.05) is 0 Å². The molecule has 0 saturated carbocycles. The molecular formula is C13H18O3. The van der Waals surface area contributed by atoms with E-state index in [0.717, 1.165) is 11.6 Å². The van der Waals surface area contributed by atoms with Gasteiger partial charge in [0.15, 0.2) is 17.3 Å². The number of rotatable bonds is 6. The van der Waals surface area contributed by atoms with Gasteiger partial charge in [0.1, 0.15) is 0 Å². The van der Waals surface area contributed by atoms with Crippen LogP contribution < -0.4 is 0 Å². The number of carbonyl (C=O) groups excluding carboxylic acids is 3. The molecule has 0 aliphatic rings. The van der Waals surface area contributed by atoms with Crippen molar-refractivity contribution in [1.29, 1.82) is 0 Å². The molecule has 0 aliphatic carbocycles. The van der Waals surface area contributed by atoms with Gasteiger partial charge in [0, 0.05) is 6.42 Å². The number of carbonyl (C=O) groups is 3. The molecule has 3 heteroatoms. The highest BCUT2D eigenvalue weighted by Crippen LogP contribution is 2.06. The molecule has 0 fully saturated rings. The quantitative estimate of drug-likeness (QED) is 0.300. The molecular weight excluding hydrogens is 204 g/mol. The summed E-state index contributed by atoms with van der Waals surface area (Å²) in [5.41, 5.74) is 1.14. The molecule has 88 valence electrons. The zero-order valence-corrected chi connectivity index (χ0v) is 10.3. The Hall–Kier alpha value is -1.51. The second-order valence-electron chi connectivity index (χ2n) is 3.97. The average Bonchev–Trinajstić information content (AvgIpc) is 2.12. The van der Waals surface area contributed by atoms with Gasteiger partial charge in [-0.05, 0) is 40.2 Å². The molecule has 0 heterocycles. The van der Waals surface area contributed by atoms with Crippen molar-refractivity contribution in [3.63, 3.8) is 0 Å². The van der Waals surface area contributed by atoms with Gasteiger partial charge in [0.2, 0.25) is 0 Å². The minimum absolute atomic E-state index is 0.00894. The van der Waals surface area contributed by atoms with Gasteiger partial charge in [-0.1, -0.05) is 11.6 Å². The van der Waals surface area contributed by atoms with Gasteiger partial charge in [0.05, 0.1) is 5.57 Å². The van der Waals surface area contributed by atoms with E-state index in [0.29, 0.717) is 6.42 Å². The summed E-state index contributed by atoms with van der Waals surface area (Å²) in [5.74, 6) is -0.890. The molecule has 0 bridgehead atoms. The lowest BCUT2D eigenvalue weighted by atomic mass is 10.0. The number of ketones is 3. The van der Waals surface area contributed by atoms with Gasteiger partial charge in [0.25, 0.3) is 0 Å². The highest BCUT2D eigenvalue weighted by Gasteiger charge is 2.14. The van der Waals surface area contributed by atoms with Crippen LogP contribution >= 0.6 is 0 Å². The monoisotopic (exact) mass is 222 g/mol. The molecule has 0 atom stereocenters. The Morgan fingerprint density at radius 2 is 1.56 bits per heavy atom. The molecule has 0 unspecified atom stereocenters. The summed E-state index contributed by atoms with van der Waals surface area (Å²) in [6, 6.07) is 0. The molecule has 0 aromatic rings. The molecule has 16 heavy (non-hydrogen) atoms. The molecule has 0 aliphatic heterocycles. The van der Waals surface area contributed by atoms with E-state index in [2.05, 4.69) is 0 Å². The van der Waals surface area contributed by atoms with Crippen LogP contribution in [0.1, 0.15) is 40.5 Å². The highest BCUT2D eigenvalue weighted by molar-refractivity contribution is 6.22. The second-order valence-corrected chi connectivity index (χ2v) is 3.97. The number of Topliss-reactive ketones (excluding diaryl/α,β-unsaturated/α-hetero) is 2. The minimum Gasteiger partial charge on any atom is -0.295 e. The molecule has 0 N–H and O–H groups in total. The largest absolute Gasteiger partial charge is 0.295 e. The highest BCUT2D eigenvalue weighted by atomic mass is 16.2.